The Morgan fingerprint density at radius 3 is 2.58 bits per heavy atom. The number of rotatable bonds is 5. The Morgan fingerprint density at radius 1 is 1.26 bits per heavy atom. The van der Waals surface area contributed by atoms with Crippen LogP contribution in [0.5, 0.6) is 0 Å². The van der Waals surface area contributed by atoms with Crippen LogP contribution in [0.4, 0.5) is 5.69 Å². The van der Waals surface area contributed by atoms with Gasteiger partial charge in [-0.3, -0.25) is 9.78 Å². The van der Waals surface area contributed by atoms with Crippen molar-refractivity contribution in [3.8, 4) is 0 Å². The lowest BCUT2D eigenvalue weighted by molar-refractivity contribution is 0.112. The lowest BCUT2D eigenvalue weighted by Crippen LogP contribution is -2.22. The molecule has 0 aliphatic carbocycles. The van der Waals surface area contributed by atoms with Crippen LogP contribution in [0.3, 0.4) is 0 Å². The molecule has 0 fully saturated rings. The van der Waals surface area contributed by atoms with Crippen molar-refractivity contribution in [2.45, 2.75) is 13.5 Å². The SMILES string of the molecule is CCN(Cc1ccncc1)c1ccc(C=O)cc1Cl. The summed E-state index contributed by atoms with van der Waals surface area (Å²) in [6.45, 7) is 3.67. The molecule has 0 saturated heterocycles. The van der Waals surface area contributed by atoms with Gasteiger partial charge in [-0.1, -0.05) is 11.6 Å². The lowest BCUT2D eigenvalue weighted by Gasteiger charge is -2.24. The number of halogens is 1. The highest BCUT2D eigenvalue weighted by Gasteiger charge is 2.10. The molecule has 3 nitrogen and oxygen atoms in total. The molecule has 1 heterocycles. The third-order valence-electron chi connectivity index (χ3n) is 2.95. The molecule has 2 aromatic rings. The fraction of sp³-hybridized carbons (Fsp3) is 0.200. The van der Waals surface area contributed by atoms with Crippen molar-refractivity contribution in [1.29, 1.82) is 0 Å². The number of benzene rings is 1. The van der Waals surface area contributed by atoms with E-state index in [9.17, 15) is 4.79 Å². The average molecular weight is 275 g/mol. The first-order valence-corrected chi connectivity index (χ1v) is 6.51. The number of hydrogen-bond donors (Lipinski definition) is 0. The summed E-state index contributed by atoms with van der Waals surface area (Å²) in [5.74, 6) is 0. The predicted molar refractivity (Wildman–Crippen MR) is 77.8 cm³/mol. The number of pyridine rings is 1. The highest BCUT2D eigenvalue weighted by atomic mass is 35.5. The Labute approximate surface area is 117 Å². The number of hydrogen-bond acceptors (Lipinski definition) is 3. The number of aldehydes is 1. The van der Waals surface area contributed by atoms with Crippen LogP contribution < -0.4 is 4.90 Å². The molecule has 19 heavy (non-hydrogen) atoms. The lowest BCUT2D eigenvalue weighted by atomic mass is 10.2. The second-order valence-electron chi connectivity index (χ2n) is 4.20. The van der Waals surface area contributed by atoms with Gasteiger partial charge in [0, 0.05) is 31.0 Å². The largest absolute Gasteiger partial charge is 0.366 e. The maximum absolute atomic E-state index is 10.7. The van der Waals surface area contributed by atoms with Crippen molar-refractivity contribution in [2.75, 3.05) is 11.4 Å². The van der Waals surface area contributed by atoms with Gasteiger partial charge in [-0.25, -0.2) is 0 Å². The van der Waals surface area contributed by atoms with Gasteiger partial charge in [-0.2, -0.15) is 0 Å². The minimum Gasteiger partial charge on any atom is -0.366 e. The van der Waals surface area contributed by atoms with Crippen molar-refractivity contribution in [1.82, 2.24) is 4.98 Å². The summed E-state index contributed by atoms with van der Waals surface area (Å²) < 4.78 is 0. The fourth-order valence-electron chi connectivity index (χ4n) is 1.93. The Morgan fingerprint density at radius 2 is 2.00 bits per heavy atom. The van der Waals surface area contributed by atoms with Gasteiger partial charge in [0.05, 0.1) is 10.7 Å². The van der Waals surface area contributed by atoms with Crippen LogP contribution in [0.15, 0.2) is 42.7 Å². The third kappa shape index (κ3) is 3.32. The molecule has 0 aliphatic rings. The molecule has 0 saturated carbocycles. The maximum atomic E-state index is 10.7. The molecule has 98 valence electrons. The van der Waals surface area contributed by atoms with Crippen LogP contribution in [0.25, 0.3) is 0 Å². The van der Waals surface area contributed by atoms with E-state index < -0.39 is 0 Å². The minimum absolute atomic E-state index is 0.591. The van der Waals surface area contributed by atoms with Crippen molar-refractivity contribution in [3.63, 3.8) is 0 Å². The van der Waals surface area contributed by atoms with E-state index in [4.69, 9.17) is 11.6 Å². The van der Waals surface area contributed by atoms with E-state index in [0.29, 0.717) is 10.6 Å². The first-order valence-electron chi connectivity index (χ1n) is 6.13. The van der Waals surface area contributed by atoms with Gasteiger partial charge < -0.3 is 4.90 Å². The molecule has 2 rings (SSSR count). The molecule has 0 amide bonds. The summed E-state index contributed by atoms with van der Waals surface area (Å²) in [7, 11) is 0. The van der Waals surface area contributed by atoms with Crippen LogP contribution in [0, 0.1) is 0 Å². The quantitative estimate of drug-likeness (QED) is 0.782. The number of carbonyl (C=O) groups is 1. The van der Waals surface area contributed by atoms with Gasteiger partial charge >= 0.3 is 0 Å². The van der Waals surface area contributed by atoms with Gasteiger partial charge in [0.1, 0.15) is 6.29 Å². The number of anilines is 1. The normalized spacial score (nSPS) is 10.2. The van der Waals surface area contributed by atoms with Crippen LogP contribution in [-0.4, -0.2) is 17.8 Å². The van der Waals surface area contributed by atoms with E-state index in [1.165, 1.54) is 5.56 Å². The van der Waals surface area contributed by atoms with Crippen molar-refractivity contribution in [3.05, 3.63) is 58.9 Å². The summed E-state index contributed by atoms with van der Waals surface area (Å²) in [5, 5.41) is 0.598. The first-order chi connectivity index (χ1) is 9.24. The van der Waals surface area contributed by atoms with Crippen LogP contribution >= 0.6 is 11.6 Å². The van der Waals surface area contributed by atoms with E-state index in [-0.39, 0.29) is 0 Å². The number of nitrogens with zero attached hydrogens (tertiary/aromatic N) is 2. The molecule has 0 radical (unpaired) electrons. The van der Waals surface area contributed by atoms with Gasteiger partial charge in [0.15, 0.2) is 0 Å². The van der Waals surface area contributed by atoms with Crippen LogP contribution in [0.1, 0.15) is 22.8 Å². The minimum atomic E-state index is 0.591. The molecule has 0 N–H and O–H groups in total. The topological polar surface area (TPSA) is 33.2 Å². The van der Waals surface area contributed by atoms with Gasteiger partial charge in [0.2, 0.25) is 0 Å². The Balaban J connectivity index is 2.24. The van der Waals surface area contributed by atoms with Crippen molar-refractivity contribution >= 4 is 23.6 Å². The number of aromatic nitrogens is 1. The Bertz CT molecular complexity index is 557. The molecule has 4 heteroatoms. The van der Waals surface area contributed by atoms with Crippen LogP contribution in [0.2, 0.25) is 5.02 Å². The van der Waals surface area contributed by atoms with Crippen LogP contribution in [-0.2, 0) is 6.54 Å². The van der Waals surface area contributed by atoms with Gasteiger partial charge in [-0.05, 0) is 42.8 Å². The molecular formula is C15H15ClN2O. The Hall–Kier alpha value is -1.87. The van der Waals surface area contributed by atoms with Gasteiger partial charge in [-0.15, -0.1) is 0 Å². The second kappa shape index (κ2) is 6.34. The highest BCUT2D eigenvalue weighted by Crippen LogP contribution is 2.27. The zero-order valence-corrected chi connectivity index (χ0v) is 11.5. The Kier molecular flexibility index (Phi) is 4.53. The molecule has 0 unspecified atom stereocenters. The number of carbonyl (C=O) groups excluding carboxylic acids is 1. The first kappa shape index (κ1) is 13.6. The van der Waals surface area contributed by atoms with E-state index in [1.807, 2.05) is 18.2 Å². The molecule has 0 bridgehead atoms. The summed E-state index contributed by atoms with van der Waals surface area (Å²) in [6.07, 6.45) is 4.36. The molecular weight excluding hydrogens is 260 g/mol. The van der Waals surface area contributed by atoms with E-state index in [0.717, 1.165) is 25.1 Å². The molecule has 1 aromatic heterocycles. The summed E-state index contributed by atoms with van der Waals surface area (Å²) in [4.78, 5) is 16.9. The monoisotopic (exact) mass is 274 g/mol. The van der Waals surface area contributed by atoms with Gasteiger partial charge in [0.25, 0.3) is 0 Å². The zero-order chi connectivity index (χ0) is 13.7. The molecule has 0 atom stereocenters. The fourth-order valence-corrected chi connectivity index (χ4v) is 2.24. The smallest absolute Gasteiger partial charge is 0.150 e. The zero-order valence-electron chi connectivity index (χ0n) is 10.7. The average Bonchev–Trinajstić information content (AvgIpc) is 2.46. The maximum Gasteiger partial charge on any atom is 0.150 e. The summed E-state index contributed by atoms with van der Waals surface area (Å²) in [5.41, 5.74) is 2.70. The van der Waals surface area contributed by atoms with E-state index in [2.05, 4.69) is 16.8 Å². The van der Waals surface area contributed by atoms with Crippen molar-refractivity contribution in [2.24, 2.45) is 0 Å². The van der Waals surface area contributed by atoms with E-state index >= 15 is 0 Å². The summed E-state index contributed by atoms with van der Waals surface area (Å²) >= 11 is 6.23. The highest BCUT2D eigenvalue weighted by molar-refractivity contribution is 6.33. The molecule has 0 spiro atoms. The summed E-state index contributed by atoms with van der Waals surface area (Å²) in [6, 6.07) is 9.33. The van der Waals surface area contributed by atoms with Crippen molar-refractivity contribution < 1.29 is 4.79 Å². The molecule has 1 aromatic carbocycles. The standard InChI is InChI=1S/C15H15ClN2O/c1-2-18(10-12-5-7-17-8-6-12)15-4-3-13(11-19)9-14(15)16/h3-9,11H,2,10H2,1H3. The predicted octanol–water partition coefficient (Wildman–Crippen LogP) is 3.57. The van der Waals surface area contributed by atoms with E-state index in [1.54, 1.807) is 24.5 Å². The molecule has 0 aliphatic heterocycles. The third-order valence-corrected chi connectivity index (χ3v) is 3.26. The second-order valence-corrected chi connectivity index (χ2v) is 4.61.